The van der Waals surface area contributed by atoms with Gasteiger partial charge in [0.15, 0.2) is 0 Å². The number of carbonyl (C=O) groups excluding carboxylic acids is 2. The number of hydrogen-bond acceptors (Lipinski definition) is 4. The standard InChI is InChI=1S/C19H21N3O3/c1-3-14-9-5-7-11-16(14)21-18(23)19(24)22-20-13-15-10-6-8-12-17(15)25-4-2/h5-13H,3-4H2,1-2H3,(H,21,23)(H,22,24)/b20-13-. The number of nitrogens with zero attached hydrogens (tertiary/aromatic N) is 1. The number of amides is 2. The van der Waals surface area contributed by atoms with Gasteiger partial charge in [-0.2, -0.15) is 5.10 Å². The van der Waals surface area contributed by atoms with Crippen molar-refractivity contribution in [2.45, 2.75) is 20.3 Å². The summed E-state index contributed by atoms with van der Waals surface area (Å²) in [6.45, 7) is 4.38. The summed E-state index contributed by atoms with van der Waals surface area (Å²) in [5, 5.41) is 6.42. The summed E-state index contributed by atoms with van der Waals surface area (Å²) < 4.78 is 5.46. The Morgan fingerprint density at radius 3 is 2.52 bits per heavy atom. The number of para-hydroxylation sites is 2. The van der Waals surface area contributed by atoms with E-state index in [1.165, 1.54) is 6.21 Å². The molecule has 0 unspecified atom stereocenters. The summed E-state index contributed by atoms with van der Waals surface area (Å²) in [5.74, 6) is -0.948. The highest BCUT2D eigenvalue weighted by Crippen LogP contribution is 2.16. The minimum Gasteiger partial charge on any atom is -0.493 e. The molecule has 0 bridgehead atoms. The number of hydrazone groups is 1. The van der Waals surface area contributed by atoms with E-state index in [4.69, 9.17) is 4.74 Å². The molecule has 0 heterocycles. The van der Waals surface area contributed by atoms with Crippen LogP contribution in [0.5, 0.6) is 5.75 Å². The molecule has 2 aromatic carbocycles. The number of benzene rings is 2. The Morgan fingerprint density at radius 1 is 1.04 bits per heavy atom. The first-order valence-electron chi connectivity index (χ1n) is 8.09. The SMILES string of the molecule is CCOc1ccccc1/C=N\NC(=O)C(=O)Nc1ccccc1CC. The molecule has 130 valence electrons. The fourth-order valence-corrected chi connectivity index (χ4v) is 2.21. The fourth-order valence-electron chi connectivity index (χ4n) is 2.21. The van der Waals surface area contributed by atoms with Gasteiger partial charge in [-0.1, -0.05) is 37.3 Å². The van der Waals surface area contributed by atoms with E-state index in [1.807, 2.05) is 38.1 Å². The maximum Gasteiger partial charge on any atom is 0.329 e. The average molecular weight is 339 g/mol. The molecule has 0 fully saturated rings. The second-order valence-corrected chi connectivity index (χ2v) is 5.13. The highest BCUT2D eigenvalue weighted by atomic mass is 16.5. The van der Waals surface area contributed by atoms with E-state index in [2.05, 4.69) is 15.8 Å². The van der Waals surface area contributed by atoms with Crippen molar-refractivity contribution in [2.24, 2.45) is 5.10 Å². The van der Waals surface area contributed by atoms with E-state index in [-0.39, 0.29) is 0 Å². The first-order chi connectivity index (χ1) is 12.2. The largest absolute Gasteiger partial charge is 0.493 e. The summed E-state index contributed by atoms with van der Waals surface area (Å²) in [6.07, 6.45) is 2.20. The van der Waals surface area contributed by atoms with Crippen LogP contribution in [0.4, 0.5) is 5.69 Å². The van der Waals surface area contributed by atoms with E-state index in [1.54, 1.807) is 24.3 Å². The van der Waals surface area contributed by atoms with Gasteiger partial charge in [0.2, 0.25) is 0 Å². The Morgan fingerprint density at radius 2 is 1.76 bits per heavy atom. The number of ether oxygens (including phenoxy) is 1. The van der Waals surface area contributed by atoms with Gasteiger partial charge in [0.1, 0.15) is 5.75 Å². The molecule has 0 saturated carbocycles. The topological polar surface area (TPSA) is 79.8 Å². The molecule has 0 aliphatic rings. The number of carbonyl (C=O) groups is 2. The van der Waals surface area contributed by atoms with E-state index in [0.717, 1.165) is 12.0 Å². The normalized spacial score (nSPS) is 10.5. The summed E-state index contributed by atoms with van der Waals surface area (Å²) in [5.41, 5.74) is 4.51. The van der Waals surface area contributed by atoms with Crippen LogP contribution in [0.3, 0.4) is 0 Å². The minimum absolute atomic E-state index is 0.524. The zero-order valence-electron chi connectivity index (χ0n) is 14.3. The third kappa shape index (κ3) is 5.17. The molecule has 25 heavy (non-hydrogen) atoms. The summed E-state index contributed by atoms with van der Waals surface area (Å²) in [4.78, 5) is 23.9. The number of anilines is 1. The fraction of sp³-hybridized carbons (Fsp3) is 0.211. The van der Waals surface area contributed by atoms with Crippen LogP contribution in [0, 0.1) is 0 Å². The molecular formula is C19H21N3O3. The van der Waals surface area contributed by atoms with Gasteiger partial charge in [-0.3, -0.25) is 9.59 Å². The van der Waals surface area contributed by atoms with E-state index in [9.17, 15) is 9.59 Å². The van der Waals surface area contributed by atoms with Gasteiger partial charge in [0, 0.05) is 11.3 Å². The predicted molar refractivity (Wildman–Crippen MR) is 97.8 cm³/mol. The van der Waals surface area contributed by atoms with Gasteiger partial charge in [-0.15, -0.1) is 0 Å². The quantitative estimate of drug-likeness (QED) is 0.482. The van der Waals surface area contributed by atoms with Crippen LogP contribution in [0.1, 0.15) is 25.0 Å². The second-order valence-electron chi connectivity index (χ2n) is 5.13. The number of hydrogen-bond donors (Lipinski definition) is 2. The van der Waals surface area contributed by atoms with E-state index in [0.29, 0.717) is 23.6 Å². The van der Waals surface area contributed by atoms with Crippen LogP contribution in [0.25, 0.3) is 0 Å². The van der Waals surface area contributed by atoms with Gasteiger partial charge in [0.05, 0.1) is 12.8 Å². The lowest BCUT2D eigenvalue weighted by Crippen LogP contribution is -2.32. The van der Waals surface area contributed by atoms with Crippen molar-refractivity contribution in [3.05, 3.63) is 59.7 Å². The van der Waals surface area contributed by atoms with Crippen molar-refractivity contribution >= 4 is 23.7 Å². The average Bonchev–Trinajstić information content (AvgIpc) is 2.63. The third-order valence-corrected chi connectivity index (χ3v) is 3.44. The highest BCUT2D eigenvalue weighted by molar-refractivity contribution is 6.39. The lowest BCUT2D eigenvalue weighted by molar-refractivity contribution is -0.136. The molecule has 6 heteroatoms. The molecule has 0 aromatic heterocycles. The summed E-state index contributed by atoms with van der Waals surface area (Å²) in [6, 6.07) is 14.6. The Kier molecular flexibility index (Phi) is 6.71. The van der Waals surface area contributed by atoms with Crippen molar-refractivity contribution < 1.29 is 14.3 Å². The maximum absolute atomic E-state index is 12.0. The minimum atomic E-state index is -0.837. The summed E-state index contributed by atoms with van der Waals surface area (Å²) >= 11 is 0. The summed E-state index contributed by atoms with van der Waals surface area (Å²) in [7, 11) is 0. The lowest BCUT2D eigenvalue weighted by Gasteiger charge is -2.08. The number of nitrogens with one attached hydrogen (secondary N) is 2. The molecule has 0 aliphatic carbocycles. The molecule has 6 nitrogen and oxygen atoms in total. The van der Waals surface area contributed by atoms with Crippen molar-refractivity contribution in [3.63, 3.8) is 0 Å². The van der Waals surface area contributed by atoms with Crippen LogP contribution in [0.15, 0.2) is 53.6 Å². The lowest BCUT2D eigenvalue weighted by atomic mass is 10.1. The molecule has 0 saturated heterocycles. The Labute approximate surface area is 146 Å². The van der Waals surface area contributed by atoms with Gasteiger partial charge in [-0.25, -0.2) is 5.43 Å². The smallest absolute Gasteiger partial charge is 0.329 e. The Balaban J connectivity index is 1.97. The van der Waals surface area contributed by atoms with Crippen molar-refractivity contribution in [1.82, 2.24) is 5.43 Å². The zero-order valence-corrected chi connectivity index (χ0v) is 14.3. The van der Waals surface area contributed by atoms with Crippen LogP contribution in [-0.4, -0.2) is 24.6 Å². The van der Waals surface area contributed by atoms with Gasteiger partial charge in [0.25, 0.3) is 0 Å². The van der Waals surface area contributed by atoms with Crippen LogP contribution >= 0.6 is 0 Å². The van der Waals surface area contributed by atoms with Crippen LogP contribution < -0.4 is 15.5 Å². The molecule has 0 spiro atoms. The number of rotatable bonds is 6. The molecular weight excluding hydrogens is 318 g/mol. The highest BCUT2D eigenvalue weighted by Gasteiger charge is 2.14. The van der Waals surface area contributed by atoms with E-state index >= 15 is 0 Å². The molecule has 2 N–H and O–H groups in total. The van der Waals surface area contributed by atoms with Crippen LogP contribution in [0.2, 0.25) is 0 Å². The van der Waals surface area contributed by atoms with Crippen LogP contribution in [-0.2, 0) is 16.0 Å². The molecule has 0 aliphatic heterocycles. The first kappa shape index (κ1) is 18.2. The first-order valence-corrected chi connectivity index (χ1v) is 8.09. The van der Waals surface area contributed by atoms with E-state index < -0.39 is 11.8 Å². The van der Waals surface area contributed by atoms with Crippen molar-refractivity contribution in [2.75, 3.05) is 11.9 Å². The molecule has 2 aromatic rings. The molecule has 2 rings (SSSR count). The van der Waals surface area contributed by atoms with Gasteiger partial charge < -0.3 is 10.1 Å². The Bertz CT molecular complexity index is 772. The Hall–Kier alpha value is -3.15. The molecule has 0 radical (unpaired) electrons. The van der Waals surface area contributed by atoms with Crippen molar-refractivity contribution in [3.8, 4) is 5.75 Å². The zero-order chi connectivity index (χ0) is 18.1. The molecule has 0 atom stereocenters. The number of aryl methyl sites for hydroxylation is 1. The van der Waals surface area contributed by atoms with Gasteiger partial charge in [-0.05, 0) is 37.1 Å². The second kappa shape index (κ2) is 9.22. The molecule has 2 amide bonds. The predicted octanol–water partition coefficient (Wildman–Crippen LogP) is 2.74. The third-order valence-electron chi connectivity index (χ3n) is 3.44. The monoisotopic (exact) mass is 339 g/mol. The van der Waals surface area contributed by atoms with Gasteiger partial charge >= 0.3 is 11.8 Å². The maximum atomic E-state index is 12.0. The van der Waals surface area contributed by atoms with Crippen molar-refractivity contribution in [1.29, 1.82) is 0 Å².